The van der Waals surface area contributed by atoms with Crippen LogP contribution in [0.4, 0.5) is 0 Å². The first kappa shape index (κ1) is 14.8. The summed E-state index contributed by atoms with van der Waals surface area (Å²) >= 11 is 3.74. The third-order valence-corrected chi connectivity index (χ3v) is 5.87. The summed E-state index contributed by atoms with van der Waals surface area (Å²) in [5, 5.41) is 1.23. The molecule has 0 aromatic carbocycles. The van der Waals surface area contributed by atoms with Crippen molar-refractivity contribution in [3.05, 3.63) is 0 Å². The molecule has 0 N–H and O–H groups in total. The Morgan fingerprint density at radius 3 is 2.39 bits per heavy atom. The molecule has 2 fully saturated rings. The molecular weight excluding hydrogens is 288 g/mol. The summed E-state index contributed by atoms with van der Waals surface area (Å²) < 4.78 is 5.42. The standard InChI is InChI=1S/C16H29BrO/c17-13-16(15-6-3-4-7-15)8-2-1-5-14-9-11-18-12-10-14/h14-16H,1-13H2. The lowest BCUT2D eigenvalue weighted by Gasteiger charge is -2.23. The van der Waals surface area contributed by atoms with Crippen LogP contribution in [0.1, 0.15) is 64.2 Å². The van der Waals surface area contributed by atoms with Gasteiger partial charge in [-0.1, -0.05) is 60.9 Å². The van der Waals surface area contributed by atoms with Gasteiger partial charge in [-0.2, -0.15) is 0 Å². The highest BCUT2D eigenvalue weighted by Crippen LogP contribution is 2.35. The number of ether oxygens (including phenoxy) is 1. The minimum atomic E-state index is 0.960. The maximum Gasteiger partial charge on any atom is 0.0468 e. The average molecular weight is 317 g/mol. The lowest BCUT2D eigenvalue weighted by molar-refractivity contribution is 0.0629. The van der Waals surface area contributed by atoms with Gasteiger partial charge in [0.1, 0.15) is 0 Å². The Hall–Kier alpha value is 0.440. The van der Waals surface area contributed by atoms with Gasteiger partial charge < -0.3 is 4.74 Å². The fraction of sp³-hybridized carbons (Fsp3) is 1.00. The molecule has 0 amide bonds. The van der Waals surface area contributed by atoms with E-state index in [-0.39, 0.29) is 0 Å². The van der Waals surface area contributed by atoms with Crippen molar-refractivity contribution in [2.75, 3.05) is 18.5 Å². The Morgan fingerprint density at radius 1 is 1.00 bits per heavy atom. The van der Waals surface area contributed by atoms with E-state index >= 15 is 0 Å². The van der Waals surface area contributed by atoms with Crippen LogP contribution in [0.15, 0.2) is 0 Å². The van der Waals surface area contributed by atoms with Crippen molar-refractivity contribution in [1.82, 2.24) is 0 Å². The van der Waals surface area contributed by atoms with E-state index in [2.05, 4.69) is 15.9 Å². The lowest BCUT2D eigenvalue weighted by Crippen LogP contribution is -2.16. The summed E-state index contributed by atoms with van der Waals surface area (Å²) in [5.41, 5.74) is 0. The summed E-state index contributed by atoms with van der Waals surface area (Å²) in [6.07, 6.45) is 14.4. The molecule has 0 bridgehead atoms. The Balaban J connectivity index is 1.55. The van der Waals surface area contributed by atoms with E-state index in [4.69, 9.17) is 4.74 Å². The maximum atomic E-state index is 5.42. The number of halogens is 1. The molecule has 2 heteroatoms. The van der Waals surface area contributed by atoms with Crippen molar-refractivity contribution < 1.29 is 4.74 Å². The zero-order valence-electron chi connectivity index (χ0n) is 11.7. The van der Waals surface area contributed by atoms with E-state index in [1.165, 1.54) is 69.5 Å². The molecule has 1 aliphatic heterocycles. The van der Waals surface area contributed by atoms with Gasteiger partial charge in [0.2, 0.25) is 0 Å². The largest absolute Gasteiger partial charge is 0.381 e. The zero-order valence-corrected chi connectivity index (χ0v) is 13.3. The minimum Gasteiger partial charge on any atom is -0.381 e. The van der Waals surface area contributed by atoms with Gasteiger partial charge in [0.05, 0.1) is 0 Å². The summed E-state index contributed by atoms with van der Waals surface area (Å²) in [6.45, 7) is 2.02. The van der Waals surface area contributed by atoms with Gasteiger partial charge in [-0.3, -0.25) is 0 Å². The normalized spacial score (nSPS) is 24.5. The molecular formula is C16H29BrO. The number of rotatable bonds is 7. The lowest BCUT2D eigenvalue weighted by atomic mass is 9.87. The molecule has 0 radical (unpaired) electrons. The molecule has 1 atom stereocenters. The topological polar surface area (TPSA) is 9.23 Å². The first-order valence-corrected chi connectivity index (χ1v) is 9.16. The van der Waals surface area contributed by atoms with E-state index in [0.29, 0.717) is 0 Å². The van der Waals surface area contributed by atoms with E-state index < -0.39 is 0 Å². The average Bonchev–Trinajstić information content (AvgIpc) is 2.94. The van der Waals surface area contributed by atoms with Crippen molar-refractivity contribution >= 4 is 15.9 Å². The summed E-state index contributed by atoms with van der Waals surface area (Å²) in [5.74, 6) is 2.96. The van der Waals surface area contributed by atoms with Crippen LogP contribution in [-0.2, 0) is 4.74 Å². The van der Waals surface area contributed by atoms with E-state index in [0.717, 1.165) is 31.0 Å². The number of hydrogen-bond acceptors (Lipinski definition) is 1. The van der Waals surface area contributed by atoms with Gasteiger partial charge in [0.25, 0.3) is 0 Å². The highest BCUT2D eigenvalue weighted by molar-refractivity contribution is 9.09. The van der Waals surface area contributed by atoms with Crippen molar-refractivity contribution in [2.45, 2.75) is 64.2 Å². The van der Waals surface area contributed by atoms with E-state index in [9.17, 15) is 0 Å². The molecule has 2 rings (SSSR count). The SMILES string of the molecule is BrCC(CCCCC1CCOCC1)C1CCCC1. The Labute approximate surface area is 121 Å². The minimum absolute atomic E-state index is 0.960. The molecule has 1 heterocycles. The molecule has 0 aromatic heterocycles. The van der Waals surface area contributed by atoms with Crippen molar-refractivity contribution in [1.29, 1.82) is 0 Å². The highest BCUT2D eigenvalue weighted by Gasteiger charge is 2.23. The van der Waals surface area contributed by atoms with Crippen LogP contribution in [0.3, 0.4) is 0 Å². The van der Waals surface area contributed by atoms with Crippen molar-refractivity contribution in [3.63, 3.8) is 0 Å². The van der Waals surface area contributed by atoms with E-state index in [1.807, 2.05) is 0 Å². The zero-order chi connectivity index (χ0) is 12.6. The van der Waals surface area contributed by atoms with Crippen LogP contribution in [0, 0.1) is 17.8 Å². The summed E-state index contributed by atoms with van der Waals surface area (Å²) in [4.78, 5) is 0. The molecule has 1 nitrogen and oxygen atoms in total. The monoisotopic (exact) mass is 316 g/mol. The number of unbranched alkanes of at least 4 members (excludes halogenated alkanes) is 1. The maximum absolute atomic E-state index is 5.42. The first-order chi connectivity index (χ1) is 8.90. The van der Waals surface area contributed by atoms with Crippen LogP contribution in [0.25, 0.3) is 0 Å². The van der Waals surface area contributed by atoms with Crippen LogP contribution in [0.2, 0.25) is 0 Å². The molecule has 1 saturated carbocycles. The van der Waals surface area contributed by atoms with E-state index in [1.54, 1.807) is 0 Å². The van der Waals surface area contributed by atoms with Crippen LogP contribution in [-0.4, -0.2) is 18.5 Å². The Bertz CT molecular complexity index is 207. The summed E-state index contributed by atoms with van der Waals surface area (Å²) in [6, 6.07) is 0. The van der Waals surface area contributed by atoms with Crippen LogP contribution >= 0.6 is 15.9 Å². The van der Waals surface area contributed by atoms with Crippen molar-refractivity contribution in [3.8, 4) is 0 Å². The van der Waals surface area contributed by atoms with Gasteiger partial charge in [-0.15, -0.1) is 0 Å². The predicted octanol–water partition coefficient (Wildman–Crippen LogP) is 5.17. The number of hydrogen-bond donors (Lipinski definition) is 0. The smallest absolute Gasteiger partial charge is 0.0468 e. The molecule has 18 heavy (non-hydrogen) atoms. The third kappa shape index (κ3) is 4.85. The molecule has 0 aromatic rings. The quantitative estimate of drug-likeness (QED) is 0.465. The molecule has 0 spiro atoms. The Morgan fingerprint density at radius 2 is 1.72 bits per heavy atom. The molecule has 2 aliphatic rings. The Kier molecular flexibility index (Phi) is 7.07. The van der Waals surface area contributed by atoms with Gasteiger partial charge in [0, 0.05) is 18.5 Å². The highest BCUT2D eigenvalue weighted by atomic mass is 79.9. The first-order valence-electron chi connectivity index (χ1n) is 8.04. The van der Waals surface area contributed by atoms with Crippen LogP contribution < -0.4 is 0 Å². The van der Waals surface area contributed by atoms with Crippen molar-refractivity contribution in [2.24, 2.45) is 17.8 Å². The molecule has 106 valence electrons. The second-order valence-corrected chi connectivity index (χ2v) is 6.95. The van der Waals surface area contributed by atoms with Crippen LogP contribution in [0.5, 0.6) is 0 Å². The van der Waals surface area contributed by atoms with Gasteiger partial charge >= 0.3 is 0 Å². The fourth-order valence-corrected chi connectivity index (χ4v) is 4.59. The third-order valence-electron chi connectivity index (χ3n) is 5.04. The van der Waals surface area contributed by atoms with Gasteiger partial charge in [0.15, 0.2) is 0 Å². The second kappa shape index (κ2) is 8.58. The molecule has 1 aliphatic carbocycles. The molecule has 1 unspecified atom stereocenters. The predicted molar refractivity (Wildman–Crippen MR) is 81.3 cm³/mol. The second-order valence-electron chi connectivity index (χ2n) is 6.30. The van der Waals surface area contributed by atoms with Gasteiger partial charge in [-0.25, -0.2) is 0 Å². The van der Waals surface area contributed by atoms with Gasteiger partial charge in [-0.05, 0) is 37.0 Å². The number of alkyl halides is 1. The fourth-order valence-electron chi connectivity index (χ4n) is 3.74. The summed E-state index contributed by atoms with van der Waals surface area (Å²) in [7, 11) is 0. The molecule has 1 saturated heterocycles.